The molecule has 0 aliphatic carbocycles. The van der Waals surface area contributed by atoms with Crippen molar-refractivity contribution >= 4 is 0 Å². The first-order chi connectivity index (χ1) is 5.70. The lowest BCUT2D eigenvalue weighted by atomic mass is 10.1. The minimum absolute atomic E-state index is 0.256. The zero-order chi connectivity index (χ0) is 10.3. The van der Waals surface area contributed by atoms with Crippen molar-refractivity contribution < 1.29 is 0 Å². The van der Waals surface area contributed by atoms with Gasteiger partial charge in [-0.2, -0.15) is 0 Å². The van der Waals surface area contributed by atoms with Gasteiger partial charge >= 0.3 is 0 Å². The fraction of sp³-hybridized carbons (Fsp3) is 1.00. The number of hydrogen-bond acceptors (Lipinski definition) is 2. The number of nitrogens with one attached hydrogen (secondary N) is 1. The van der Waals surface area contributed by atoms with Gasteiger partial charge in [-0.1, -0.05) is 0 Å². The molecule has 0 amide bonds. The molecule has 0 aromatic heterocycles. The molecule has 1 saturated heterocycles. The van der Waals surface area contributed by atoms with Crippen LogP contribution in [-0.2, 0) is 0 Å². The molecule has 0 aromatic rings. The van der Waals surface area contributed by atoms with Crippen LogP contribution in [0.4, 0.5) is 0 Å². The van der Waals surface area contributed by atoms with Crippen LogP contribution in [0, 0.1) is 0 Å². The van der Waals surface area contributed by atoms with E-state index < -0.39 is 0 Å². The van der Waals surface area contributed by atoms with Crippen LogP contribution in [0.15, 0.2) is 0 Å². The van der Waals surface area contributed by atoms with E-state index in [0.717, 1.165) is 12.6 Å². The zero-order valence-corrected chi connectivity index (χ0v) is 9.94. The molecule has 1 aliphatic heterocycles. The highest BCUT2D eigenvalue weighted by Crippen LogP contribution is 2.28. The predicted octanol–water partition coefficient (Wildman–Crippen LogP) is 1.86. The van der Waals surface area contributed by atoms with Crippen LogP contribution >= 0.6 is 0 Å². The average molecular weight is 184 g/mol. The van der Waals surface area contributed by atoms with Gasteiger partial charge in [-0.05, 0) is 41.5 Å². The molecular formula is C11H24N2. The Bertz CT molecular complexity index is 174. The first-order valence-corrected chi connectivity index (χ1v) is 5.22. The third-order valence-electron chi connectivity index (χ3n) is 2.44. The van der Waals surface area contributed by atoms with E-state index in [-0.39, 0.29) is 5.54 Å². The van der Waals surface area contributed by atoms with Gasteiger partial charge < -0.3 is 5.32 Å². The molecule has 1 N–H and O–H groups in total. The molecule has 2 unspecified atom stereocenters. The molecule has 13 heavy (non-hydrogen) atoms. The minimum atomic E-state index is 0.256. The largest absolute Gasteiger partial charge is 0.310 e. The van der Waals surface area contributed by atoms with Crippen molar-refractivity contribution in [2.75, 3.05) is 13.1 Å². The van der Waals surface area contributed by atoms with Gasteiger partial charge in [-0.25, -0.2) is 0 Å². The van der Waals surface area contributed by atoms with E-state index in [1.54, 1.807) is 0 Å². The quantitative estimate of drug-likeness (QED) is 0.659. The van der Waals surface area contributed by atoms with Gasteiger partial charge in [0.1, 0.15) is 0 Å². The Morgan fingerprint density at radius 1 is 1.15 bits per heavy atom. The fourth-order valence-corrected chi connectivity index (χ4v) is 1.60. The Kier molecular flexibility index (Phi) is 2.75. The van der Waals surface area contributed by atoms with Gasteiger partial charge in [-0.3, -0.25) is 4.90 Å². The molecule has 0 radical (unpaired) electrons. The van der Waals surface area contributed by atoms with E-state index in [2.05, 4.69) is 51.8 Å². The Labute approximate surface area is 82.7 Å². The van der Waals surface area contributed by atoms with Crippen LogP contribution in [0.3, 0.4) is 0 Å². The molecule has 0 spiro atoms. The average Bonchev–Trinajstić information content (AvgIpc) is 2.57. The van der Waals surface area contributed by atoms with Crippen LogP contribution < -0.4 is 5.32 Å². The van der Waals surface area contributed by atoms with Crippen LogP contribution in [0.1, 0.15) is 41.5 Å². The third kappa shape index (κ3) is 3.65. The van der Waals surface area contributed by atoms with E-state index in [1.165, 1.54) is 6.54 Å². The van der Waals surface area contributed by atoms with E-state index in [0.29, 0.717) is 5.54 Å². The van der Waals surface area contributed by atoms with Crippen molar-refractivity contribution in [3.63, 3.8) is 0 Å². The second-order valence-electron chi connectivity index (χ2n) is 6.11. The number of hydrogen-bond donors (Lipinski definition) is 1. The monoisotopic (exact) mass is 184 g/mol. The molecular weight excluding hydrogens is 160 g/mol. The summed E-state index contributed by atoms with van der Waals surface area (Å²) < 4.78 is 0. The second kappa shape index (κ2) is 3.25. The second-order valence-corrected chi connectivity index (χ2v) is 6.11. The lowest BCUT2D eigenvalue weighted by Gasteiger charge is -2.24. The molecule has 2 heteroatoms. The van der Waals surface area contributed by atoms with Crippen molar-refractivity contribution in [3.05, 3.63) is 0 Å². The highest BCUT2D eigenvalue weighted by atomic mass is 15.4. The summed E-state index contributed by atoms with van der Waals surface area (Å²) in [4.78, 5) is 2.53. The van der Waals surface area contributed by atoms with Crippen molar-refractivity contribution in [2.24, 2.45) is 0 Å². The first-order valence-electron chi connectivity index (χ1n) is 5.22. The lowest BCUT2D eigenvalue weighted by molar-refractivity contribution is 0.276. The van der Waals surface area contributed by atoms with Crippen molar-refractivity contribution in [1.82, 2.24) is 10.2 Å². The zero-order valence-electron chi connectivity index (χ0n) is 9.94. The molecule has 2 atom stereocenters. The SMILES string of the molecule is CC(C)(C)NCC1CN1C(C)(C)C. The first kappa shape index (κ1) is 11.0. The Morgan fingerprint density at radius 3 is 2.00 bits per heavy atom. The summed E-state index contributed by atoms with van der Waals surface area (Å²) in [6.45, 7) is 15.9. The van der Waals surface area contributed by atoms with Gasteiger partial charge in [0.05, 0.1) is 0 Å². The maximum atomic E-state index is 3.54. The topological polar surface area (TPSA) is 15.0 Å². The van der Waals surface area contributed by atoms with Crippen molar-refractivity contribution in [2.45, 2.75) is 58.7 Å². The molecule has 1 fully saturated rings. The Hall–Kier alpha value is -0.0800. The number of nitrogens with zero attached hydrogens (tertiary/aromatic N) is 1. The van der Waals surface area contributed by atoms with Crippen molar-refractivity contribution in [3.8, 4) is 0 Å². The van der Waals surface area contributed by atoms with Gasteiger partial charge in [0.25, 0.3) is 0 Å². The van der Waals surface area contributed by atoms with Crippen LogP contribution in [0.5, 0.6) is 0 Å². The highest BCUT2D eigenvalue weighted by molar-refractivity contribution is 4.99. The molecule has 0 aromatic carbocycles. The standard InChI is InChI=1S/C11H24N2/c1-10(2,3)12-7-9-8-13(9)11(4,5)6/h9,12H,7-8H2,1-6H3. The van der Waals surface area contributed by atoms with Gasteiger partial charge in [0.15, 0.2) is 0 Å². The van der Waals surface area contributed by atoms with Gasteiger partial charge in [0.2, 0.25) is 0 Å². The van der Waals surface area contributed by atoms with Gasteiger partial charge in [0, 0.05) is 30.2 Å². The van der Waals surface area contributed by atoms with Crippen molar-refractivity contribution in [1.29, 1.82) is 0 Å². The van der Waals surface area contributed by atoms with E-state index >= 15 is 0 Å². The summed E-state index contributed by atoms with van der Waals surface area (Å²) in [6.07, 6.45) is 0. The van der Waals surface area contributed by atoms with Gasteiger partial charge in [-0.15, -0.1) is 0 Å². The van der Waals surface area contributed by atoms with E-state index in [9.17, 15) is 0 Å². The maximum Gasteiger partial charge on any atom is 0.0354 e. The summed E-state index contributed by atoms with van der Waals surface area (Å²) in [5.74, 6) is 0. The number of rotatable bonds is 2. The molecule has 1 heterocycles. The summed E-state index contributed by atoms with van der Waals surface area (Å²) in [6, 6.07) is 0.763. The summed E-state index contributed by atoms with van der Waals surface area (Å²) in [5.41, 5.74) is 0.608. The lowest BCUT2D eigenvalue weighted by Crippen LogP contribution is -2.40. The molecule has 1 aliphatic rings. The van der Waals surface area contributed by atoms with Crippen LogP contribution in [-0.4, -0.2) is 35.1 Å². The smallest absolute Gasteiger partial charge is 0.0354 e. The molecule has 78 valence electrons. The van der Waals surface area contributed by atoms with Crippen LogP contribution in [0.25, 0.3) is 0 Å². The van der Waals surface area contributed by atoms with E-state index in [1.807, 2.05) is 0 Å². The minimum Gasteiger partial charge on any atom is -0.310 e. The highest BCUT2D eigenvalue weighted by Gasteiger charge is 2.41. The van der Waals surface area contributed by atoms with Crippen LogP contribution in [0.2, 0.25) is 0 Å². The Morgan fingerprint density at radius 2 is 1.69 bits per heavy atom. The fourth-order valence-electron chi connectivity index (χ4n) is 1.60. The molecule has 1 rings (SSSR count). The Balaban J connectivity index is 2.22. The molecule has 0 saturated carbocycles. The third-order valence-corrected chi connectivity index (χ3v) is 2.44. The molecule has 0 bridgehead atoms. The predicted molar refractivity (Wildman–Crippen MR) is 58.0 cm³/mol. The summed E-state index contributed by atoms with van der Waals surface area (Å²) in [7, 11) is 0. The van der Waals surface area contributed by atoms with E-state index in [4.69, 9.17) is 0 Å². The molecule has 2 nitrogen and oxygen atoms in total. The normalized spacial score (nSPS) is 29.1. The maximum absolute atomic E-state index is 3.54. The summed E-state index contributed by atoms with van der Waals surface area (Å²) in [5, 5.41) is 3.54. The summed E-state index contributed by atoms with van der Waals surface area (Å²) >= 11 is 0.